The van der Waals surface area contributed by atoms with Crippen molar-refractivity contribution in [2.75, 3.05) is 31.2 Å². The summed E-state index contributed by atoms with van der Waals surface area (Å²) in [6, 6.07) is 2.64. The van der Waals surface area contributed by atoms with Crippen LogP contribution in [0.1, 0.15) is 38.5 Å². The molecule has 0 aromatic carbocycles. The molecule has 0 amide bonds. The molecule has 0 spiro atoms. The van der Waals surface area contributed by atoms with Gasteiger partial charge in [0, 0.05) is 18.8 Å². The van der Waals surface area contributed by atoms with Gasteiger partial charge in [0.2, 0.25) is 5.95 Å². The molecule has 5 heteroatoms. The van der Waals surface area contributed by atoms with Crippen LogP contribution in [-0.4, -0.2) is 41.0 Å². The van der Waals surface area contributed by atoms with E-state index in [9.17, 15) is 0 Å². The summed E-state index contributed by atoms with van der Waals surface area (Å²) in [4.78, 5) is 10.5. The zero-order chi connectivity index (χ0) is 13.5. The van der Waals surface area contributed by atoms with Gasteiger partial charge in [-0.25, -0.2) is 4.98 Å². The SMILES string of the molecule is CN(CCCNc1ccnc(N)n1)C1CCCCC1. The highest BCUT2D eigenvalue weighted by atomic mass is 15.1. The average Bonchev–Trinajstić information content (AvgIpc) is 2.44. The first-order valence-corrected chi connectivity index (χ1v) is 7.28. The Morgan fingerprint density at radius 2 is 2.16 bits per heavy atom. The quantitative estimate of drug-likeness (QED) is 0.770. The fourth-order valence-corrected chi connectivity index (χ4v) is 2.72. The van der Waals surface area contributed by atoms with Crippen LogP contribution >= 0.6 is 0 Å². The fourth-order valence-electron chi connectivity index (χ4n) is 2.72. The number of anilines is 2. The molecule has 3 N–H and O–H groups in total. The Morgan fingerprint density at radius 3 is 2.89 bits per heavy atom. The predicted molar refractivity (Wildman–Crippen MR) is 79.1 cm³/mol. The van der Waals surface area contributed by atoms with Crippen LogP contribution in [0.5, 0.6) is 0 Å². The third kappa shape index (κ3) is 4.67. The molecule has 0 unspecified atom stereocenters. The van der Waals surface area contributed by atoms with E-state index >= 15 is 0 Å². The van der Waals surface area contributed by atoms with Crippen LogP contribution in [0.15, 0.2) is 12.3 Å². The van der Waals surface area contributed by atoms with Gasteiger partial charge in [0.1, 0.15) is 5.82 Å². The van der Waals surface area contributed by atoms with Gasteiger partial charge in [-0.1, -0.05) is 19.3 Å². The highest BCUT2D eigenvalue weighted by Gasteiger charge is 2.17. The van der Waals surface area contributed by atoms with Crippen LogP contribution in [0.25, 0.3) is 0 Å². The zero-order valence-electron chi connectivity index (χ0n) is 11.8. The summed E-state index contributed by atoms with van der Waals surface area (Å²) in [6.07, 6.45) is 9.75. The molecule has 5 nitrogen and oxygen atoms in total. The molecule has 106 valence electrons. The van der Waals surface area contributed by atoms with Crippen LogP contribution in [-0.2, 0) is 0 Å². The van der Waals surface area contributed by atoms with Crippen molar-refractivity contribution < 1.29 is 0 Å². The summed E-state index contributed by atoms with van der Waals surface area (Å²) >= 11 is 0. The number of nitrogens with two attached hydrogens (primary N) is 1. The molecule has 0 atom stereocenters. The van der Waals surface area contributed by atoms with E-state index in [1.807, 2.05) is 6.07 Å². The molecular weight excluding hydrogens is 238 g/mol. The van der Waals surface area contributed by atoms with Crippen molar-refractivity contribution in [3.05, 3.63) is 12.3 Å². The first kappa shape index (κ1) is 14.1. The zero-order valence-corrected chi connectivity index (χ0v) is 11.8. The van der Waals surface area contributed by atoms with Crippen LogP contribution in [0.3, 0.4) is 0 Å². The molecule has 1 heterocycles. The van der Waals surface area contributed by atoms with Gasteiger partial charge < -0.3 is 16.0 Å². The third-order valence-electron chi connectivity index (χ3n) is 3.87. The third-order valence-corrected chi connectivity index (χ3v) is 3.87. The highest BCUT2D eigenvalue weighted by Crippen LogP contribution is 2.21. The topological polar surface area (TPSA) is 67.1 Å². The lowest BCUT2D eigenvalue weighted by Gasteiger charge is -2.31. The molecule has 1 saturated carbocycles. The van der Waals surface area contributed by atoms with Gasteiger partial charge in [-0.15, -0.1) is 0 Å². The lowest BCUT2D eigenvalue weighted by atomic mass is 9.94. The molecular formula is C14H25N5. The Balaban J connectivity index is 1.63. The molecule has 2 rings (SSSR count). The standard InChI is InChI=1S/C14H25N5/c1-19(12-6-3-2-4-7-12)11-5-9-16-13-8-10-17-14(15)18-13/h8,10,12H,2-7,9,11H2,1H3,(H3,15,16,17,18). The molecule has 1 aromatic rings. The molecule has 1 aromatic heterocycles. The number of nitrogens with one attached hydrogen (secondary N) is 1. The van der Waals surface area contributed by atoms with Crippen molar-refractivity contribution in [3.8, 4) is 0 Å². The number of nitrogens with zero attached hydrogens (tertiary/aromatic N) is 3. The average molecular weight is 263 g/mol. The van der Waals surface area contributed by atoms with Gasteiger partial charge in [0.25, 0.3) is 0 Å². The Labute approximate surface area is 115 Å². The smallest absolute Gasteiger partial charge is 0.221 e. The fraction of sp³-hybridized carbons (Fsp3) is 0.714. The maximum absolute atomic E-state index is 5.54. The second-order valence-corrected chi connectivity index (χ2v) is 5.35. The predicted octanol–water partition coefficient (Wildman–Crippen LogP) is 2.13. The minimum Gasteiger partial charge on any atom is -0.370 e. The van der Waals surface area contributed by atoms with Gasteiger partial charge in [-0.2, -0.15) is 4.98 Å². The van der Waals surface area contributed by atoms with E-state index in [0.717, 1.165) is 31.4 Å². The first-order valence-electron chi connectivity index (χ1n) is 7.28. The second kappa shape index (κ2) is 7.28. The van der Waals surface area contributed by atoms with E-state index in [2.05, 4.69) is 27.2 Å². The number of aromatic nitrogens is 2. The lowest BCUT2D eigenvalue weighted by molar-refractivity contribution is 0.191. The van der Waals surface area contributed by atoms with E-state index in [0.29, 0.717) is 5.95 Å². The van der Waals surface area contributed by atoms with Gasteiger partial charge in [0.15, 0.2) is 0 Å². The molecule has 1 aliphatic carbocycles. The van der Waals surface area contributed by atoms with Gasteiger partial charge in [-0.3, -0.25) is 0 Å². The molecule has 0 saturated heterocycles. The first-order chi connectivity index (χ1) is 9.25. The maximum atomic E-state index is 5.54. The molecule has 0 bridgehead atoms. The van der Waals surface area contributed by atoms with Crippen LogP contribution < -0.4 is 11.1 Å². The van der Waals surface area contributed by atoms with E-state index < -0.39 is 0 Å². The summed E-state index contributed by atoms with van der Waals surface area (Å²) in [7, 11) is 2.25. The van der Waals surface area contributed by atoms with Crippen molar-refractivity contribution in [3.63, 3.8) is 0 Å². The summed E-state index contributed by atoms with van der Waals surface area (Å²) in [5, 5.41) is 3.29. The number of hydrogen-bond acceptors (Lipinski definition) is 5. The van der Waals surface area contributed by atoms with E-state index in [1.54, 1.807) is 6.20 Å². The highest BCUT2D eigenvalue weighted by molar-refractivity contribution is 5.36. The van der Waals surface area contributed by atoms with E-state index in [-0.39, 0.29) is 0 Å². The van der Waals surface area contributed by atoms with Gasteiger partial charge in [0.05, 0.1) is 0 Å². The molecule has 1 aliphatic rings. The van der Waals surface area contributed by atoms with Crippen molar-refractivity contribution in [1.29, 1.82) is 0 Å². The Bertz CT molecular complexity index is 376. The molecule has 0 radical (unpaired) electrons. The van der Waals surface area contributed by atoms with Crippen molar-refractivity contribution in [2.24, 2.45) is 0 Å². The molecule has 19 heavy (non-hydrogen) atoms. The number of rotatable bonds is 6. The monoisotopic (exact) mass is 263 g/mol. The Hall–Kier alpha value is -1.36. The Kier molecular flexibility index (Phi) is 5.39. The number of nitrogen functional groups attached to an aromatic ring is 1. The van der Waals surface area contributed by atoms with Crippen LogP contribution in [0, 0.1) is 0 Å². The van der Waals surface area contributed by atoms with Gasteiger partial charge >= 0.3 is 0 Å². The largest absolute Gasteiger partial charge is 0.370 e. The summed E-state index contributed by atoms with van der Waals surface area (Å²) in [6.45, 7) is 2.06. The Morgan fingerprint density at radius 1 is 1.37 bits per heavy atom. The summed E-state index contributed by atoms with van der Waals surface area (Å²) in [5.74, 6) is 1.14. The van der Waals surface area contributed by atoms with Crippen LogP contribution in [0.4, 0.5) is 11.8 Å². The van der Waals surface area contributed by atoms with Crippen LogP contribution in [0.2, 0.25) is 0 Å². The minimum absolute atomic E-state index is 0.323. The summed E-state index contributed by atoms with van der Waals surface area (Å²) in [5.41, 5.74) is 5.54. The second-order valence-electron chi connectivity index (χ2n) is 5.35. The molecule has 1 fully saturated rings. The van der Waals surface area contributed by atoms with Crippen molar-refractivity contribution in [1.82, 2.24) is 14.9 Å². The van der Waals surface area contributed by atoms with Crippen molar-refractivity contribution >= 4 is 11.8 Å². The van der Waals surface area contributed by atoms with E-state index in [1.165, 1.54) is 32.1 Å². The maximum Gasteiger partial charge on any atom is 0.221 e. The van der Waals surface area contributed by atoms with Gasteiger partial charge in [-0.05, 0) is 38.9 Å². The van der Waals surface area contributed by atoms with E-state index in [4.69, 9.17) is 5.73 Å². The minimum atomic E-state index is 0.323. The normalized spacial score (nSPS) is 16.7. The lowest BCUT2D eigenvalue weighted by Crippen LogP contribution is -2.34. The van der Waals surface area contributed by atoms with Crippen molar-refractivity contribution in [2.45, 2.75) is 44.6 Å². The summed E-state index contributed by atoms with van der Waals surface area (Å²) < 4.78 is 0. The number of hydrogen-bond donors (Lipinski definition) is 2. The molecule has 0 aliphatic heterocycles.